The molecule has 0 radical (unpaired) electrons. The van der Waals surface area contributed by atoms with E-state index in [1.54, 1.807) is 6.33 Å². The molecule has 0 aliphatic carbocycles. The van der Waals surface area contributed by atoms with E-state index in [1.807, 2.05) is 53.1 Å². The van der Waals surface area contributed by atoms with Crippen molar-refractivity contribution in [3.05, 3.63) is 76.2 Å². The fourth-order valence-electron chi connectivity index (χ4n) is 3.03. The van der Waals surface area contributed by atoms with E-state index in [0.717, 1.165) is 16.9 Å². The molecule has 0 bridgehead atoms. The number of aromatic nitrogens is 2. The van der Waals surface area contributed by atoms with Crippen molar-refractivity contribution in [2.45, 2.75) is 12.3 Å². The van der Waals surface area contributed by atoms with Crippen molar-refractivity contribution in [2.75, 3.05) is 5.32 Å². The number of fused-ring (bicyclic) bond motifs is 1. The van der Waals surface area contributed by atoms with Crippen molar-refractivity contribution in [2.24, 2.45) is 0 Å². The maximum Gasteiger partial charge on any atom is 0.226 e. The van der Waals surface area contributed by atoms with Crippen LogP contribution >= 0.6 is 23.2 Å². The predicted molar refractivity (Wildman–Crippen MR) is 95.1 cm³/mol. The van der Waals surface area contributed by atoms with E-state index in [-0.39, 0.29) is 11.8 Å². The van der Waals surface area contributed by atoms with E-state index in [0.29, 0.717) is 22.3 Å². The maximum atomic E-state index is 12.2. The summed E-state index contributed by atoms with van der Waals surface area (Å²) in [5, 5.41) is 4.20. The average molecular weight is 358 g/mol. The second kappa shape index (κ2) is 5.96. The number of hydrogen-bond donors (Lipinski definition) is 1. The predicted octanol–water partition coefficient (Wildman–Crippen LogP) is 4.65. The van der Waals surface area contributed by atoms with Crippen LogP contribution in [0.1, 0.15) is 23.6 Å². The zero-order chi connectivity index (χ0) is 16.7. The second-order valence-corrected chi connectivity index (χ2v) is 6.56. The van der Waals surface area contributed by atoms with Crippen LogP contribution in [0.5, 0.6) is 0 Å². The zero-order valence-corrected chi connectivity index (χ0v) is 14.1. The first-order valence-corrected chi connectivity index (χ1v) is 8.26. The van der Waals surface area contributed by atoms with E-state index < -0.39 is 0 Å². The third-order valence-electron chi connectivity index (χ3n) is 4.11. The van der Waals surface area contributed by atoms with Crippen LogP contribution in [0.25, 0.3) is 5.69 Å². The lowest BCUT2D eigenvalue weighted by atomic mass is 9.90. The van der Waals surface area contributed by atoms with E-state index in [1.165, 1.54) is 0 Å². The molecule has 24 heavy (non-hydrogen) atoms. The highest BCUT2D eigenvalue weighted by Crippen LogP contribution is 2.38. The molecule has 2 aromatic carbocycles. The van der Waals surface area contributed by atoms with Crippen LogP contribution in [0.4, 0.5) is 5.82 Å². The van der Waals surface area contributed by atoms with Gasteiger partial charge in [0.05, 0.1) is 5.69 Å². The number of carbonyl (C=O) groups excluding carboxylic acids is 1. The molecule has 0 unspecified atom stereocenters. The molecule has 1 atom stereocenters. The molecule has 1 aliphatic heterocycles. The van der Waals surface area contributed by atoms with E-state index in [4.69, 9.17) is 23.2 Å². The second-order valence-electron chi connectivity index (χ2n) is 5.69. The van der Waals surface area contributed by atoms with Crippen molar-refractivity contribution in [1.82, 2.24) is 9.55 Å². The van der Waals surface area contributed by atoms with Crippen LogP contribution in [-0.4, -0.2) is 15.5 Å². The van der Waals surface area contributed by atoms with Crippen LogP contribution in [-0.2, 0) is 4.79 Å². The highest BCUT2D eigenvalue weighted by Gasteiger charge is 2.31. The molecule has 0 fully saturated rings. The van der Waals surface area contributed by atoms with Crippen LogP contribution in [0.15, 0.2) is 54.9 Å². The summed E-state index contributed by atoms with van der Waals surface area (Å²) in [7, 11) is 0. The molecule has 120 valence electrons. The van der Waals surface area contributed by atoms with Crippen LogP contribution in [0.3, 0.4) is 0 Å². The fraction of sp³-hybridized carbons (Fsp3) is 0.111. The van der Waals surface area contributed by atoms with Crippen molar-refractivity contribution in [3.63, 3.8) is 0 Å². The first kappa shape index (κ1) is 15.2. The molecule has 1 amide bonds. The van der Waals surface area contributed by atoms with Crippen molar-refractivity contribution >= 4 is 34.9 Å². The number of nitrogens with one attached hydrogen (secondary N) is 1. The van der Waals surface area contributed by atoms with Gasteiger partial charge in [-0.3, -0.25) is 9.36 Å². The Balaban J connectivity index is 1.83. The summed E-state index contributed by atoms with van der Waals surface area (Å²) in [5.41, 5.74) is 2.66. The fourth-order valence-corrected chi connectivity index (χ4v) is 3.41. The Morgan fingerprint density at radius 2 is 1.83 bits per heavy atom. The van der Waals surface area contributed by atoms with Gasteiger partial charge in [-0.1, -0.05) is 41.4 Å². The monoisotopic (exact) mass is 357 g/mol. The quantitative estimate of drug-likeness (QED) is 0.725. The standard InChI is InChI=1S/C18H13Cl2N3O/c19-12-4-1-3-11(7-12)15-9-16(24)22-18-17(15)21-10-23(18)14-6-2-5-13(20)8-14/h1-8,10,15H,9H2,(H,22,24)/t15-/m1/s1. The average Bonchev–Trinajstić information content (AvgIpc) is 2.97. The molecule has 0 spiro atoms. The lowest BCUT2D eigenvalue weighted by molar-refractivity contribution is -0.116. The Kier molecular flexibility index (Phi) is 3.79. The smallest absolute Gasteiger partial charge is 0.226 e. The molecule has 3 aromatic rings. The van der Waals surface area contributed by atoms with E-state index >= 15 is 0 Å². The maximum absolute atomic E-state index is 12.2. The number of anilines is 1. The first-order chi connectivity index (χ1) is 11.6. The Morgan fingerprint density at radius 3 is 2.58 bits per heavy atom. The van der Waals surface area contributed by atoms with Gasteiger partial charge in [0.2, 0.25) is 5.91 Å². The molecule has 0 saturated carbocycles. The third kappa shape index (κ3) is 2.68. The molecule has 4 nitrogen and oxygen atoms in total. The molecule has 4 rings (SSSR count). The summed E-state index contributed by atoms with van der Waals surface area (Å²) < 4.78 is 1.84. The van der Waals surface area contributed by atoms with Crippen LogP contribution < -0.4 is 5.32 Å². The van der Waals surface area contributed by atoms with Gasteiger partial charge in [0.15, 0.2) is 0 Å². The van der Waals surface area contributed by atoms with Gasteiger partial charge in [0.25, 0.3) is 0 Å². The van der Waals surface area contributed by atoms with Gasteiger partial charge >= 0.3 is 0 Å². The molecule has 6 heteroatoms. The molecule has 1 aromatic heterocycles. The highest BCUT2D eigenvalue weighted by atomic mass is 35.5. The molecule has 2 heterocycles. The number of halogens is 2. The Morgan fingerprint density at radius 1 is 1.08 bits per heavy atom. The van der Waals surface area contributed by atoms with Crippen LogP contribution in [0.2, 0.25) is 10.0 Å². The molecule has 0 saturated heterocycles. The van der Waals surface area contributed by atoms with Gasteiger partial charge in [-0.25, -0.2) is 4.98 Å². The SMILES string of the molecule is O=C1C[C@H](c2cccc(Cl)c2)c2ncn(-c3cccc(Cl)c3)c2N1. The molecular weight excluding hydrogens is 345 g/mol. The number of carbonyl (C=O) groups is 1. The van der Waals surface area contributed by atoms with Gasteiger partial charge in [0.1, 0.15) is 12.1 Å². The normalized spacial score (nSPS) is 16.6. The van der Waals surface area contributed by atoms with Gasteiger partial charge in [-0.2, -0.15) is 0 Å². The summed E-state index contributed by atoms with van der Waals surface area (Å²) in [5.74, 6) is 0.516. The number of amides is 1. The number of nitrogens with zero attached hydrogens (tertiary/aromatic N) is 2. The highest BCUT2D eigenvalue weighted by molar-refractivity contribution is 6.31. The topological polar surface area (TPSA) is 46.9 Å². The van der Waals surface area contributed by atoms with E-state index in [9.17, 15) is 4.79 Å². The summed E-state index contributed by atoms with van der Waals surface area (Å²) in [6.07, 6.45) is 2.05. The molecular formula is C18H13Cl2N3O. The minimum Gasteiger partial charge on any atom is -0.310 e. The van der Waals surface area contributed by atoms with Crippen molar-refractivity contribution in [3.8, 4) is 5.69 Å². The lowest BCUT2D eigenvalue weighted by Gasteiger charge is -2.23. The summed E-state index contributed by atoms with van der Waals surface area (Å²) >= 11 is 12.2. The van der Waals surface area contributed by atoms with Gasteiger partial charge in [-0.05, 0) is 35.9 Å². The van der Waals surface area contributed by atoms with Gasteiger partial charge < -0.3 is 5.32 Å². The third-order valence-corrected chi connectivity index (χ3v) is 4.58. The van der Waals surface area contributed by atoms with Gasteiger partial charge in [0, 0.05) is 28.1 Å². The molecule has 1 aliphatic rings. The van der Waals surface area contributed by atoms with E-state index in [2.05, 4.69) is 10.3 Å². The van der Waals surface area contributed by atoms with Crippen LogP contribution in [0, 0.1) is 0 Å². The lowest BCUT2D eigenvalue weighted by Crippen LogP contribution is -2.24. The Labute approximate surface area is 149 Å². The summed E-state index contributed by atoms with van der Waals surface area (Å²) in [4.78, 5) is 16.8. The molecule has 1 N–H and O–H groups in total. The number of hydrogen-bond acceptors (Lipinski definition) is 2. The minimum atomic E-state index is -0.118. The van der Waals surface area contributed by atoms with Crippen molar-refractivity contribution in [1.29, 1.82) is 0 Å². The number of rotatable bonds is 2. The Bertz CT molecular complexity index is 936. The zero-order valence-electron chi connectivity index (χ0n) is 12.5. The number of benzene rings is 2. The first-order valence-electron chi connectivity index (χ1n) is 7.50. The number of imidazole rings is 1. The Hall–Kier alpha value is -2.30. The largest absolute Gasteiger partial charge is 0.310 e. The van der Waals surface area contributed by atoms with Gasteiger partial charge in [-0.15, -0.1) is 0 Å². The minimum absolute atomic E-state index is 0.0451. The summed E-state index contributed by atoms with van der Waals surface area (Å²) in [6.45, 7) is 0. The summed E-state index contributed by atoms with van der Waals surface area (Å²) in [6, 6.07) is 15.0. The van der Waals surface area contributed by atoms with Crippen molar-refractivity contribution < 1.29 is 4.79 Å².